The van der Waals surface area contributed by atoms with Gasteiger partial charge < -0.3 is 9.64 Å². The van der Waals surface area contributed by atoms with Crippen molar-refractivity contribution < 1.29 is 9.53 Å². The SMILES string of the molecule is CCOc1ccc(-n2nnnc2CN2CCN(C(=O)C(CC)CC)CC2)cc1. The van der Waals surface area contributed by atoms with Crippen LogP contribution in [0.2, 0.25) is 0 Å². The monoisotopic (exact) mass is 386 g/mol. The second kappa shape index (κ2) is 9.64. The topological polar surface area (TPSA) is 76.4 Å². The number of hydrogen-bond donors (Lipinski definition) is 0. The lowest BCUT2D eigenvalue weighted by molar-refractivity contribution is -0.137. The molecule has 1 amide bonds. The molecule has 2 aromatic rings. The van der Waals surface area contributed by atoms with Crippen LogP contribution in [0.3, 0.4) is 0 Å². The Morgan fingerprint density at radius 3 is 2.36 bits per heavy atom. The molecule has 1 aromatic carbocycles. The highest BCUT2D eigenvalue weighted by molar-refractivity contribution is 5.78. The zero-order valence-corrected chi connectivity index (χ0v) is 17.0. The fourth-order valence-corrected chi connectivity index (χ4v) is 3.58. The van der Waals surface area contributed by atoms with Crippen LogP contribution >= 0.6 is 0 Å². The van der Waals surface area contributed by atoms with E-state index in [4.69, 9.17) is 4.74 Å². The van der Waals surface area contributed by atoms with Crippen molar-refractivity contribution in [3.05, 3.63) is 30.1 Å². The summed E-state index contributed by atoms with van der Waals surface area (Å²) in [6.45, 7) is 10.6. The van der Waals surface area contributed by atoms with E-state index in [1.165, 1.54) is 0 Å². The molecule has 3 rings (SSSR count). The van der Waals surface area contributed by atoms with Crippen LogP contribution < -0.4 is 4.74 Å². The molecule has 0 bridgehead atoms. The van der Waals surface area contributed by atoms with Gasteiger partial charge in [-0.2, -0.15) is 4.68 Å². The summed E-state index contributed by atoms with van der Waals surface area (Å²) < 4.78 is 7.25. The maximum absolute atomic E-state index is 12.6. The third-order valence-corrected chi connectivity index (χ3v) is 5.31. The van der Waals surface area contributed by atoms with Crippen molar-refractivity contribution in [3.63, 3.8) is 0 Å². The summed E-state index contributed by atoms with van der Waals surface area (Å²) in [7, 11) is 0. The van der Waals surface area contributed by atoms with E-state index in [1.807, 2.05) is 36.1 Å². The first kappa shape index (κ1) is 20.3. The summed E-state index contributed by atoms with van der Waals surface area (Å²) in [4.78, 5) is 16.9. The fraction of sp³-hybridized carbons (Fsp3) is 0.600. The zero-order chi connectivity index (χ0) is 19.9. The number of amides is 1. The normalized spacial score (nSPS) is 15.2. The van der Waals surface area contributed by atoms with Crippen molar-refractivity contribution in [2.75, 3.05) is 32.8 Å². The van der Waals surface area contributed by atoms with E-state index < -0.39 is 0 Å². The van der Waals surface area contributed by atoms with E-state index in [9.17, 15) is 4.79 Å². The van der Waals surface area contributed by atoms with E-state index in [-0.39, 0.29) is 5.92 Å². The molecule has 0 aliphatic carbocycles. The maximum atomic E-state index is 12.6. The summed E-state index contributed by atoms with van der Waals surface area (Å²) >= 11 is 0. The molecule has 0 spiro atoms. The molecule has 0 unspecified atom stereocenters. The van der Waals surface area contributed by atoms with Gasteiger partial charge in [0.15, 0.2) is 5.82 Å². The van der Waals surface area contributed by atoms with Crippen LogP contribution in [0.15, 0.2) is 24.3 Å². The number of carbonyl (C=O) groups excluding carboxylic acids is 1. The van der Waals surface area contributed by atoms with E-state index >= 15 is 0 Å². The first-order valence-corrected chi connectivity index (χ1v) is 10.2. The number of aromatic nitrogens is 4. The molecule has 1 saturated heterocycles. The zero-order valence-electron chi connectivity index (χ0n) is 17.0. The van der Waals surface area contributed by atoms with Crippen LogP contribution in [0.5, 0.6) is 5.75 Å². The Morgan fingerprint density at radius 1 is 1.07 bits per heavy atom. The highest BCUT2D eigenvalue weighted by atomic mass is 16.5. The van der Waals surface area contributed by atoms with E-state index in [0.717, 1.165) is 56.3 Å². The van der Waals surface area contributed by atoms with Crippen molar-refractivity contribution in [2.24, 2.45) is 5.92 Å². The predicted octanol–water partition coefficient (Wildman–Crippen LogP) is 2.14. The first-order chi connectivity index (χ1) is 13.7. The molecule has 1 fully saturated rings. The van der Waals surface area contributed by atoms with E-state index in [2.05, 4.69) is 34.3 Å². The van der Waals surface area contributed by atoms with Crippen LogP contribution in [-0.4, -0.2) is 68.7 Å². The molecular weight excluding hydrogens is 356 g/mol. The van der Waals surface area contributed by atoms with Gasteiger partial charge in [-0.1, -0.05) is 13.8 Å². The number of ether oxygens (including phenoxy) is 1. The molecule has 8 nitrogen and oxygen atoms in total. The van der Waals surface area contributed by atoms with Gasteiger partial charge in [0, 0.05) is 32.1 Å². The number of rotatable bonds is 8. The van der Waals surface area contributed by atoms with Gasteiger partial charge in [0.25, 0.3) is 0 Å². The summed E-state index contributed by atoms with van der Waals surface area (Å²) in [5, 5.41) is 12.2. The fourth-order valence-electron chi connectivity index (χ4n) is 3.58. The third-order valence-electron chi connectivity index (χ3n) is 5.31. The Morgan fingerprint density at radius 2 is 1.75 bits per heavy atom. The smallest absolute Gasteiger partial charge is 0.225 e. The second-order valence-electron chi connectivity index (χ2n) is 7.05. The number of nitrogens with zero attached hydrogens (tertiary/aromatic N) is 6. The lowest BCUT2D eigenvalue weighted by Gasteiger charge is -2.36. The molecule has 0 saturated carbocycles. The van der Waals surface area contributed by atoms with Gasteiger partial charge in [-0.15, -0.1) is 5.10 Å². The maximum Gasteiger partial charge on any atom is 0.225 e. The minimum atomic E-state index is 0.151. The number of carbonyl (C=O) groups is 1. The molecule has 1 aliphatic rings. The van der Waals surface area contributed by atoms with Gasteiger partial charge in [0.2, 0.25) is 5.91 Å². The molecule has 2 heterocycles. The Labute approximate surface area is 166 Å². The lowest BCUT2D eigenvalue weighted by atomic mass is 10.0. The molecule has 0 atom stereocenters. The molecule has 0 N–H and O–H groups in total. The molecule has 1 aliphatic heterocycles. The van der Waals surface area contributed by atoms with Crippen molar-refractivity contribution in [1.29, 1.82) is 0 Å². The average Bonchev–Trinajstić information content (AvgIpc) is 3.18. The van der Waals surface area contributed by atoms with Crippen LogP contribution in [0.1, 0.15) is 39.4 Å². The molecule has 152 valence electrons. The van der Waals surface area contributed by atoms with Gasteiger partial charge in [-0.25, -0.2) is 0 Å². The Balaban J connectivity index is 1.59. The Bertz CT molecular complexity index is 748. The van der Waals surface area contributed by atoms with Crippen molar-refractivity contribution in [1.82, 2.24) is 30.0 Å². The van der Waals surface area contributed by atoms with Gasteiger partial charge >= 0.3 is 0 Å². The Hall–Kier alpha value is -2.48. The highest BCUT2D eigenvalue weighted by Gasteiger charge is 2.26. The molecule has 1 aromatic heterocycles. The largest absolute Gasteiger partial charge is 0.494 e. The average molecular weight is 387 g/mol. The minimum absolute atomic E-state index is 0.151. The van der Waals surface area contributed by atoms with Crippen LogP contribution in [0, 0.1) is 5.92 Å². The van der Waals surface area contributed by atoms with Gasteiger partial charge in [0.05, 0.1) is 18.8 Å². The first-order valence-electron chi connectivity index (χ1n) is 10.2. The number of hydrogen-bond acceptors (Lipinski definition) is 6. The molecule has 28 heavy (non-hydrogen) atoms. The van der Waals surface area contributed by atoms with Crippen LogP contribution in [-0.2, 0) is 11.3 Å². The third kappa shape index (κ3) is 4.67. The van der Waals surface area contributed by atoms with Gasteiger partial charge in [0.1, 0.15) is 5.75 Å². The number of tetrazole rings is 1. The number of benzene rings is 1. The van der Waals surface area contributed by atoms with Gasteiger partial charge in [-0.05, 0) is 54.5 Å². The van der Waals surface area contributed by atoms with E-state index in [1.54, 1.807) is 4.68 Å². The van der Waals surface area contributed by atoms with Crippen LogP contribution in [0.25, 0.3) is 5.69 Å². The summed E-state index contributed by atoms with van der Waals surface area (Å²) in [6, 6.07) is 7.76. The summed E-state index contributed by atoms with van der Waals surface area (Å²) in [5.74, 6) is 2.07. The number of piperazine rings is 1. The lowest BCUT2D eigenvalue weighted by Crippen LogP contribution is -2.50. The second-order valence-corrected chi connectivity index (χ2v) is 7.05. The molecular formula is C20H30N6O2. The van der Waals surface area contributed by atoms with Crippen molar-refractivity contribution >= 4 is 5.91 Å². The summed E-state index contributed by atoms with van der Waals surface area (Å²) in [5.41, 5.74) is 0.908. The molecule has 8 heteroatoms. The highest BCUT2D eigenvalue weighted by Crippen LogP contribution is 2.17. The van der Waals surface area contributed by atoms with E-state index in [0.29, 0.717) is 19.1 Å². The Kier molecular flexibility index (Phi) is 6.97. The quantitative estimate of drug-likeness (QED) is 0.692. The minimum Gasteiger partial charge on any atom is -0.494 e. The van der Waals surface area contributed by atoms with Crippen molar-refractivity contribution in [3.8, 4) is 11.4 Å². The van der Waals surface area contributed by atoms with Crippen LogP contribution in [0.4, 0.5) is 0 Å². The molecule has 0 radical (unpaired) electrons. The standard InChI is InChI=1S/C20H30N6O2/c1-4-16(5-2)20(27)25-13-11-24(12-14-25)15-19-21-22-23-26(19)17-7-9-18(10-8-17)28-6-3/h7-10,16H,4-6,11-15H2,1-3H3. The summed E-state index contributed by atoms with van der Waals surface area (Å²) in [6.07, 6.45) is 1.82. The van der Waals surface area contributed by atoms with Gasteiger partial charge in [-0.3, -0.25) is 9.69 Å². The van der Waals surface area contributed by atoms with Crippen molar-refractivity contribution in [2.45, 2.75) is 40.2 Å². The predicted molar refractivity (Wildman–Crippen MR) is 106 cm³/mol.